The largest absolute Gasteiger partial charge is 0.508 e. The summed E-state index contributed by atoms with van der Waals surface area (Å²) in [5, 5.41) is 30.0. The molecule has 130 valence electrons. The van der Waals surface area contributed by atoms with Crippen LogP contribution in [-0.2, 0) is 6.42 Å². The highest BCUT2D eigenvalue weighted by atomic mass is 16.5. The van der Waals surface area contributed by atoms with E-state index in [4.69, 9.17) is 9.47 Å². The Bertz CT molecular complexity index is 880. The molecule has 2 aromatic rings. The number of phenols is 3. The van der Waals surface area contributed by atoms with Gasteiger partial charge in [0.05, 0.1) is 12.5 Å². The number of hydrogen-bond acceptors (Lipinski definition) is 5. The van der Waals surface area contributed by atoms with E-state index in [9.17, 15) is 15.3 Å². The molecule has 4 rings (SSSR count). The summed E-state index contributed by atoms with van der Waals surface area (Å²) in [6, 6.07) is 6.77. The van der Waals surface area contributed by atoms with Gasteiger partial charge in [-0.05, 0) is 44.0 Å². The molecule has 2 aromatic carbocycles. The zero-order valence-electron chi connectivity index (χ0n) is 14.1. The highest BCUT2D eigenvalue weighted by molar-refractivity contribution is 5.59. The predicted octanol–water partition coefficient (Wildman–Crippen LogP) is 3.92. The summed E-state index contributed by atoms with van der Waals surface area (Å²) in [4.78, 5) is 0. The highest BCUT2D eigenvalue weighted by Crippen LogP contribution is 2.55. The molecule has 25 heavy (non-hydrogen) atoms. The van der Waals surface area contributed by atoms with Gasteiger partial charge in [0.2, 0.25) is 5.75 Å². The minimum Gasteiger partial charge on any atom is -0.508 e. The average Bonchev–Trinajstić information content (AvgIpc) is 2.93. The van der Waals surface area contributed by atoms with E-state index in [2.05, 4.69) is 6.08 Å². The quantitative estimate of drug-likeness (QED) is 0.570. The summed E-state index contributed by atoms with van der Waals surface area (Å²) in [7, 11) is 0. The number of phenolic OH excluding ortho intramolecular Hbond substituents is 3. The molecule has 0 aromatic heterocycles. The van der Waals surface area contributed by atoms with Crippen LogP contribution in [0.4, 0.5) is 0 Å². The third kappa shape index (κ3) is 2.47. The van der Waals surface area contributed by atoms with Crippen LogP contribution in [0.25, 0.3) is 0 Å². The fourth-order valence-corrected chi connectivity index (χ4v) is 3.47. The molecule has 2 aliphatic heterocycles. The number of ether oxygens (including phenoxy) is 2. The average molecular weight is 340 g/mol. The highest BCUT2D eigenvalue weighted by Gasteiger charge is 2.42. The second-order valence-electron chi connectivity index (χ2n) is 6.81. The number of aromatic hydroxyl groups is 3. The molecule has 0 radical (unpaired) electrons. The number of allylic oxidation sites excluding steroid dienone is 2. The number of benzene rings is 2. The van der Waals surface area contributed by atoms with Gasteiger partial charge in [0.15, 0.2) is 11.5 Å². The van der Waals surface area contributed by atoms with E-state index in [1.165, 1.54) is 11.6 Å². The lowest BCUT2D eigenvalue weighted by atomic mass is 9.88. The van der Waals surface area contributed by atoms with Gasteiger partial charge in [0.25, 0.3) is 0 Å². The lowest BCUT2D eigenvalue weighted by Crippen LogP contribution is -2.23. The first-order valence-electron chi connectivity index (χ1n) is 8.29. The van der Waals surface area contributed by atoms with E-state index in [1.54, 1.807) is 12.1 Å². The lowest BCUT2D eigenvalue weighted by molar-refractivity contribution is 0.135. The third-order valence-electron chi connectivity index (χ3n) is 4.81. The van der Waals surface area contributed by atoms with Crippen molar-refractivity contribution in [1.29, 1.82) is 0 Å². The Balaban J connectivity index is 1.73. The first-order chi connectivity index (χ1) is 12.0. The zero-order valence-corrected chi connectivity index (χ0v) is 14.1. The van der Waals surface area contributed by atoms with Gasteiger partial charge in [0.1, 0.15) is 17.6 Å². The van der Waals surface area contributed by atoms with E-state index in [0.717, 1.165) is 11.1 Å². The summed E-state index contributed by atoms with van der Waals surface area (Å²) < 4.78 is 11.8. The number of fused-ring (bicyclic) bond motifs is 5. The third-order valence-corrected chi connectivity index (χ3v) is 4.81. The van der Waals surface area contributed by atoms with Gasteiger partial charge in [-0.1, -0.05) is 11.6 Å². The van der Waals surface area contributed by atoms with Crippen molar-refractivity contribution in [2.75, 3.05) is 6.61 Å². The van der Waals surface area contributed by atoms with Gasteiger partial charge in [-0.3, -0.25) is 0 Å². The van der Waals surface area contributed by atoms with Crippen LogP contribution in [0.5, 0.6) is 28.7 Å². The summed E-state index contributed by atoms with van der Waals surface area (Å²) in [5.41, 5.74) is 3.74. The molecule has 3 N–H and O–H groups in total. The predicted molar refractivity (Wildman–Crippen MR) is 92.6 cm³/mol. The van der Waals surface area contributed by atoms with E-state index in [-0.39, 0.29) is 35.0 Å². The molecule has 2 aliphatic rings. The molecule has 0 spiro atoms. The minimum atomic E-state index is -0.302. The fourth-order valence-electron chi connectivity index (χ4n) is 3.47. The maximum atomic E-state index is 10.3. The molecule has 0 unspecified atom stereocenters. The monoisotopic (exact) mass is 340 g/mol. The van der Waals surface area contributed by atoms with Crippen LogP contribution < -0.4 is 9.47 Å². The summed E-state index contributed by atoms with van der Waals surface area (Å²) >= 11 is 0. The van der Waals surface area contributed by atoms with Gasteiger partial charge < -0.3 is 24.8 Å². The Hall–Kier alpha value is -2.82. The molecule has 5 heteroatoms. The normalized spacial score (nSPS) is 19.9. The van der Waals surface area contributed by atoms with Crippen LogP contribution in [0.2, 0.25) is 0 Å². The molecule has 0 saturated heterocycles. The summed E-state index contributed by atoms with van der Waals surface area (Å²) in [5.74, 6) is 0.625. The van der Waals surface area contributed by atoms with E-state index in [0.29, 0.717) is 24.3 Å². The smallest absolute Gasteiger partial charge is 0.200 e. The Kier molecular flexibility index (Phi) is 3.53. The van der Waals surface area contributed by atoms with Gasteiger partial charge in [-0.15, -0.1) is 0 Å². The Morgan fingerprint density at radius 3 is 2.68 bits per heavy atom. The van der Waals surface area contributed by atoms with Crippen LogP contribution >= 0.6 is 0 Å². The Labute approximate surface area is 145 Å². The van der Waals surface area contributed by atoms with Crippen molar-refractivity contribution < 1.29 is 24.8 Å². The van der Waals surface area contributed by atoms with E-state index in [1.807, 2.05) is 19.9 Å². The van der Waals surface area contributed by atoms with E-state index >= 15 is 0 Å². The van der Waals surface area contributed by atoms with Crippen LogP contribution in [-0.4, -0.2) is 21.9 Å². The lowest BCUT2D eigenvalue weighted by Gasteiger charge is -2.28. The van der Waals surface area contributed by atoms with Crippen LogP contribution in [0.3, 0.4) is 0 Å². The second kappa shape index (κ2) is 5.62. The minimum absolute atomic E-state index is 0.0162. The van der Waals surface area contributed by atoms with Crippen molar-refractivity contribution in [2.24, 2.45) is 0 Å². The van der Waals surface area contributed by atoms with Crippen molar-refractivity contribution in [2.45, 2.75) is 32.3 Å². The van der Waals surface area contributed by atoms with Crippen molar-refractivity contribution >= 4 is 0 Å². The number of rotatable bonds is 2. The van der Waals surface area contributed by atoms with Crippen molar-refractivity contribution in [3.8, 4) is 28.7 Å². The van der Waals surface area contributed by atoms with Crippen molar-refractivity contribution in [1.82, 2.24) is 0 Å². The molecule has 0 saturated carbocycles. The molecule has 0 fully saturated rings. The van der Waals surface area contributed by atoms with Crippen molar-refractivity contribution in [3.63, 3.8) is 0 Å². The first kappa shape index (κ1) is 15.7. The molecular weight excluding hydrogens is 320 g/mol. The van der Waals surface area contributed by atoms with Crippen LogP contribution in [0, 0.1) is 0 Å². The maximum Gasteiger partial charge on any atom is 0.200 e. The van der Waals surface area contributed by atoms with Gasteiger partial charge in [-0.25, -0.2) is 0 Å². The van der Waals surface area contributed by atoms with Crippen LogP contribution in [0.15, 0.2) is 35.9 Å². The van der Waals surface area contributed by atoms with Crippen molar-refractivity contribution in [3.05, 3.63) is 52.6 Å². The molecule has 5 nitrogen and oxygen atoms in total. The fraction of sp³-hybridized carbons (Fsp3) is 0.300. The first-order valence-corrected chi connectivity index (χ1v) is 8.29. The Morgan fingerprint density at radius 2 is 1.92 bits per heavy atom. The van der Waals surface area contributed by atoms with E-state index < -0.39 is 0 Å². The standard InChI is InChI=1S/C20H20O5/c1-10(2)3-4-11-7-13-14-9-24-20-12(5-6-15(21)18(20)23)19(14)25-17(13)8-16(11)22/h3,5-8,14,19,21-23H,4,9H2,1-2H3/t14-,19-/m0/s1. The maximum absolute atomic E-state index is 10.3. The molecule has 0 amide bonds. The molecule has 0 aliphatic carbocycles. The van der Waals surface area contributed by atoms with Gasteiger partial charge in [0, 0.05) is 17.2 Å². The topological polar surface area (TPSA) is 79.2 Å². The zero-order chi connectivity index (χ0) is 17.7. The molecular formula is C20H20O5. The van der Waals surface area contributed by atoms with Crippen LogP contribution in [0.1, 0.15) is 42.6 Å². The number of hydrogen-bond donors (Lipinski definition) is 3. The molecule has 2 atom stereocenters. The van der Waals surface area contributed by atoms with Gasteiger partial charge in [-0.2, -0.15) is 0 Å². The SMILES string of the molecule is CC(C)=CCc1cc2c(cc1O)O[C@H]1c3ccc(O)c(O)c3OC[C@@H]21. The Morgan fingerprint density at radius 1 is 1.12 bits per heavy atom. The summed E-state index contributed by atoms with van der Waals surface area (Å²) in [6.07, 6.45) is 2.43. The summed E-state index contributed by atoms with van der Waals surface area (Å²) in [6.45, 7) is 4.39. The second-order valence-corrected chi connectivity index (χ2v) is 6.81. The van der Waals surface area contributed by atoms with Gasteiger partial charge >= 0.3 is 0 Å². The molecule has 2 heterocycles. The molecule has 0 bridgehead atoms.